The maximum absolute atomic E-state index is 9.42. The Balaban J connectivity index is 2.16. The van der Waals surface area contributed by atoms with Crippen molar-refractivity contribution in [1.82, 2.24) is 4.98 Å². The van der Waals surface area contributed by atoms with E-state index < -0.39 is 0 Å². The Labute approximate surface area is 181 Å². The summed E-state index contributed by atoms with van der Waals surface area (Å²) in [6.07, 6.45) is 11.5. The van der Waals surface area contributed by atoms with Crippen molar-refractivity contribution >= 4 is 11.1 Å². The fourth-order valence-corrected chi connectivity index (χ4v) is 4.17. The van der Waals surface area contributed by atoms with E-state index in [2.05, 4.69) is 81.5 Å². The van der Waals surface area contributed by atoms with Crippen molar-refractivity contribution in [2.24, 2.45) is 5.92 Å². The van der Waals surface area contributed by atoms with E-state index >= 15 is 0 Å². The third-order valence-electron chi connectivity index (χ3n) is 6.09. The van der Waals surface area contributed by atoms with Gasteiger partial charge < -0.3 is 0 Å². The molecule has 0 saturated carbocycles. The van der Waals surface area contributed by atoms with E-state index in [1.54, 1.807) is 0 Å². The summed E-state index contributed by atoms with van der Waals surface area (Å²) < 4.78 is 0. The molecule has 2 aromatic rings. The summed E-state index contributed by atoms with van der Waals surface area (Å²) in [7, 11) is 0. The first kappa shape index (κ1) is 21.5. The predicted molar refractivity (Wildman–Crippen MR) is 127 cm³/mol. The van der Waals surface area contributed by atoms with E-state index in [9.17, 15) is 5.26 Å². The van der Waals surface area contributed by atoms with Crippen LogP contribution in [-0.4, -0.2) is 4.98 Å². The number of fused-ring (bicyclic) bond motifs is 1. The Morgan fingerprint density at radius 3 is 2.60 bits per heavy atom. The minimum absolute atomic E-state index is 0.254. The molecular formula is C28H30N2. The number of hydrogen-bond donors (Lipinski definition) is 0. The van der Waals surface area contributed by atoms with Crippen LogP contribution in [0, 0.1) is 17.2 Å². The van der Waals surface area contributed by atoms with Crippen molar-refractivity contribution in [3.63, 3.8) is 0 Å². The zero-order chi connectivity index (χ0) is 21.7. The summed E-state index contributed by atoms with van der Waals surface area (Å²) in [6, 6.07) is 15.1. The lowest BCUT2D eigenvalue weighted by atomic mass is 9.84. The van der Waals surface area contributed by atoms with Crippen LogP contribution >= 0.6 is 0 Å². The van der Waals surface area contributed by atoms with Gasteiger partial charge in [-0.3, -0.25) is 4.98 Å². The summed E-state index contributed by atoms with van der Waals surface area (Å²) in [5.41, 5.74) is 8.96. The van der Waals surface area contributed by atoms with Gasteiger partial charge in [0.25, 0.3) is 0 Å². The molecule has 0 saturated heterocycles. The number of hydrogen-bond acceptors (Lipinski definition) is 2. The molecular weight excluding hydrogens is 364 g/mol. The highest BCUT2D eigenvalue weighted by atomic mass is 14.7. The number of benzene rings is 1. The van der Waals surface area contributed by atoms with Crippen molar-refractivity contribution in [2.75, 3.05) is 0 Å². The molecule has 2 heteroatoms. The summed E-state index contributed by atoms with van der Waals surface area (Å²) in [6.45, 7) is 10.5. The molecule has 2 nitrogen and oxygen atoms in total. The van der Waals surface area contributed by atoms with Crippen LogP contribution in [0.5, 0.6) is 0 Å². The second-order valence-electron chi connectivity index (χ2n) is 7.93. The highest BCUT2D eigenvalue weighted by molar-refractivity contribution is 5.85. The minimum atomic E-state index is 0.254. The molecule has 1 heterocycles. The smallest absolute Gasteiger partial charge is 0.0947 e. The Bertz CT molecular complexity index is 1080. The fraction of sp³-hybridized carbons (Fsp3) is 0.286. The predicted octanol–water partition coefficient (Wildman–Crippen LogP) is 7.48. The zero-order valence-electron chi connectivity index (χ0n) is 18.6. The van der Waals surface area contributed by atoms with Gasteiger partial charge in [0.2, 0.25) is 0 Å². The van der Waals surface area contributed by atoms with Gasteiger partial charge in [-0.2, -0.15) is 5.26 Å². The summed E-state index contributed by atoms with van der Waals surface area (Å²) in [5, 5.41) is 9.42. The second-order valence-corrected chi connectivity index (χ2v) is 7.93. The number of allylic oxidation sites excluding steroid dienone is 7. The molecule has 0 fully saturated rings. The van der Waals surface area contributed by atoms with Crippen LogP contribution in [0.3, 0.4) is 0 Å². The third kappa shape index (κ3) is 4.21. The van der Waals surface area contributed by atoms with Crippen LogP contribution in [0.2, 0.25) is 0 Å². The van der Waals surface area contributed by atoms with Crippen LogP contribution in [0.4, 0.5) is 0 Å². The first-order valence-electron chi connectivity index (χ1n) is 10.7. The number of pyridine rings is 1. The topological polar surface area (TPSA) is 36.7 Å². The summed E-state index contributed by atoms with van der Waals surface area (Å²) in [4.78, 5) is 4.91. The fourth-order valence-electron chi connectivity index (χ4n) is 4.17. The molecule has 2 unspecified atom stereocenters. The standard InChI is InChI=1S/C28H30N2/c1-6-8-12-19(3)21(5)25-16-26(22-13-10-9-11-14-22)28-27(25)15-23(18-30-28)24(7-2)20(4)17-29/h6,8-16,18,21,25H,7H2,1-5H3/b8-6-,19-12+,24-20+. The lowest BCUT2D eigenvalue weighted by Gasteiger charge is -2.21. The van der Waals surface area contributed by atoms with E-state index in [0.29, 0.717) is 5.92 Å². The maximum atomic E-state index is 9.42. The third-order valence-corrected chi connectivity index (χ3v) is 6.09. The zero-order valence-corrected chi connectivity index (χ0v) is 18.6. The first-order chi connectivity index (χ1) is 14.5. The van der Waals surface area contributed by atoms with Gasteiger partial charge in [-0.05, 0) is 61.4 Å². The van der Waals surface area contributed by atoms with Gasteiger partial charge in [-0.15, -0.1) is 0 Å². The van der Waals surface area contributed by atoms with Gasteiger partial charge >= 0.3 is 0 Å². The molecule has 1 aromatic heterocycles. The van der Waals surface area contributed by atoms with Crippen molar-refractivity contribution < 1.29 is 0 Å². The molecule has 1 aromatic carbocycles. The average Bonchev–Trinajstić information content (AvgIpc) is 3.16. The largest absolute Gasteiger partial charge is 0.255 e. The molecule has 2 atom stereocenters. The molecule has 0 spiro atoms. The number of rotatable bonds is 6. The van der Waals surface area contributed by atoms with Crippen molar-refractivity contribution in [1.29, 1.82) is 5.26 Å². The Morgan fingerprint density at radius 2 is 1.97 bits per heavy atom. The average molecular weight is 395 g/mol. The highest BCUT2D eigenvalue weighted by Gasteiger charge is 2.30. The van der Waals surface area contributed by atoms with E-state index in [-0.39, 0.29) is 5.92 Å². The van der Waals surface area contributed by atoms with Crippen molar-refractivity contribution in [3.05, 3.63) is 100 Å². The summed E-state index contributed by atoms with van der Waals surface area (Å²) in [5.74, 6) is 0.606. The van der Waals surface area contributed by atoms with Crippen LogP contribution < -0.4 is 0 Å². The molecule has 0 N–H and O–H groups in total. The van der Waals surface area contributed by atoms with Crippen molar-refractivity contribution in [3.8, 4) is 6.07 Å². The summed E-state index contributed by atoms with van der Waals surface area (Å²) >= 11 is 0. The maximum Gasteiger partial charge on any atom is 0.0947 e. The molecule has 1 aliphatic carbocycles. The minimum Gasteiger partial charge on any atom is -0.255 e. The molecule has 152 valence electrons. The van der Waals surface area contributed by atoms with Gasteiger partial charge in [-0.1, -0.05) is 74.1 Å². The second kappa shape index (κ2) is 9.55. The monoisotopic (exact) mass is 394 g/mol. The normalized spacial score (nSPS) is 17.9. The molecule has 30 heavy (non-hydrogen) atoms. The molecule has 0 radical (unpaired) electrons. The van der Waals surface area contributed by atoms with Gasteiger partial charge in [0.05, 0.1) is 11.8 Å². The Morgan fingerprint density at radius 1 is 1.23 bits per heavy atom. The highest BCUT2D eigenvalue weighted by Crippen LogP contribution is 2.44. The van der Waals surface area contributed by atoms with Crippen LogP contribution in [0.15, 0.2) is 78.0 Å². The quantitative estimate of drug-likeness (QED) is 0.376. The SMILES string of the molecule is C/C=C\C=C(/C)C(C)C1C=C(c2ccccc2)c2ncc(/C(CC)=C(\C)C#N)cc21. The Kier molecular flexibility index (Phi) is 6.85. The van der Waals surface area contributed by atoms with E-state index in [1.807, 2.05) is 26.1 Å². The number of nitrogens with zero attached hydrogens (tertiary/aromatic N) is 2. The molecule has 0 bridgehead atoms. The van der Waals surface area contributed by atoms with Gasteiger partial charge in [0.1, 0.15) is 0 Å². The number of nitriles is 1. The molecule has 0 amide bonds. The first-order valence-corrected chi connectivity index (χ1v) is 10.7. The van der Waals surface area contributed by atoms with Gasteiger partial charge in [0.15, 0.2) is 0 Å². The molecule has 1 aliphatic rings. The van der Waals surface area contributed by atoms with Crippen LogP contribution in [-0.2, 0) is 0 Å². The van der Waals surface area contributed by atoms with Gasteiger partial charge in [0, 0.05) is 23.3 Å². The van der Waals surface area contributed by atoms with Crippen LogP contribution in [0.25, 0.3) is 11.1 Å². The molecule has 3 rings (SSSR count). The van der Waals surface area contributed by atoms with Crippen molar-refractivity contribution in [2.45, 2.75) is 47.0 Å². The van der Waals surface area contributed by atoms with Crippen LogP contribution in [0.1, 0.15) is 69.3 Å². The lowest BCUT2D eigenvalue weighted by Crippen LogP contribution is -2.08. The number of aromatic nitrogens is 1. The van der Waals surface area contributed by atoms with E-state index in [4.69, 9.17) is 4.98 Å². The van der Waals surface area contributed by atoms with E-state index in [1.165, 1.54) is 22.3 Å². The Hall–Kier alpha value is -3.18. The van der Waals surface area contributed by atoms with Gasteiger partial charge in [-0.25, -0.2) is 0 Å². The lowest BCUT2D eigenvalue weighted by molar-refractivity contribution is 0.611. The molecule has 0 aliphatic heterocycles. The van der Waals surface area contributed by atoms with E-state index in [0.717, 1.165) is 28.8 Å².